The normalized spacial score (nSPS) is 12.9. The van der Waals surface area contributed by atoms with Crippen LogP contribution in [-0.4, -0.2) is 36.0 Å². The van der Waals surface area contributed by atoms with E-state index >= 15 is 0 Å². The quantitative estimate of drug-likeness (QED) is 0.828. The first-order valence-electron chi connectivity index (χ1n) is 8.16. The molecule has 0 saturated heterocycles. The number of amides is 2. The summed E-state index contributed by atoms with van der Waals surface area (Å²) in [6, 6.07) is 13.8. The van der Waals surface area contributed by atoms with Crippen LogP contribution in [0.4, 0.5) is 11.4 Å². The maximum atomic E-state index is 12.2. The lowest BCUT2D eigenvalue weighted by Crippen LogP contribution is -2.40. The van der Waals surface area contributed by atoms with E-state index in [0.717, 1.165) is 0 Å². The third-order valence-corrected chi connectivity index (χ3v) is 3.96. The summed E-state index contributed by atoms with van der Waals surface area (Å²) in [5.41, 5.74) is 1.90. The molecule has 7 heteroatoms. The third-order valence-electron chi connectivity index (χ3n) is 3.96. The average Bonchev–Trinajstić information content (AvgIpc) is 2.62. The molecule has 7 nitrogen and oxygen atoms in total. The second-order valence-corrected chi connectivity index (χ2v) is 5.87. The van der Waals surface area contributed by atoms with Gasteiger partial charge < -0.3 is 20.1 Å². The Morgan fingerprint density at radius 3 is 2.58 bits per heavy atom. The highest BCUT2D eigenvalue weighted by Gasteiger charge is 2.25. The van der Waals surface area contributed by atoms with Gasteiger partial charge in [-0.15, -0.1) is 0 Å². The van der Waals surface area contributed by atoms with Crippen molar-refractivity contribution in [3.63, 3.8) is 0 Å². The van der Waals surface area contributed by atoms with E-state index in [0.29, 0.717) is 22.7 Å². The van der Waals surface area contributed by atoms with E-state index in [-0.39, 0.29) is 37.8 Å². The topological polar surface area (TPSA) is 95.9 Å². The van der Waals surface area contributed by atoms with Gasteiger partial charge in [-0.05, 0) is 29.8 Å². The predicted molar refractivity (Wildman–Crippen MR) is 95.3 cm³/mol. The van der Waals surface area contributed by atoms with E-state index in [4.69, 9.17) is 9.84 Å². The van der Waals surface area contributed by atoms with Crippen molar-refractivity contribution < 1.29 is 24.2 Å². The molecular formula is C19H18N2O5. The molecule has 0 bridgehead atoms. The SMILES string of the molecule is O=C(O)Cc1ccc(NC(=O)CCN2C(=O)COc3ccccc32)cc1. The summed E-state index contributed by atoms with van der Waals surface area (Å²) < 4.78 is 5.37. The molecule has 0 unspecified atom stereocenters. The van der Waals surface area contributed by atoms with Crippen molar-refractivity contribution in [3.8, 4) is 5.75 Å². The van der Waals surface area contributed by atoms with E-state index in [1.807, 2.05) is 12.1 Å². The van der Waals surface area contributed by atoms with Crippen LogP contribution in [0.15, 0.2) is 48.5 Å². The summed E-state index contributed by atoms with van der Waals surface area (Å²) >= 11 is 0. The fourth-order valence-electron chi connectivity index (χ4n) is 2.72. The molecule has 0 saturated carbocycles. The summed E-state index contributed by atoms with van der Waals surface area (Å²) in [7, 11) is 0. The molecule has 3 rings (SSSR count). The molecule has 2 aromatic carbocycles. The minimum absolute atomic E-state index is 0.0380. The summed E-state index contributed by atoms with van der Waals surface area (Å²) in [5, 5.41) is 11.5. The van der Waals surface area contributed by atoms with Crippen LogP contribution in [0, 0.1) is 0 Å². The van der Waals surface area contributed by atoms with Crippen LogP contribution in [0.5, 0.6) is 5.75 Å². The number of hydrogen-bond donors (Lipinski definition) is 2. The van der Waals surface area contributed by atoms with Crippen molar-refractivity contribution in [2.24, 2.45) is 0 Å². The number of fused-ring (bicyclic) bond motifs is 1. The van der Waals surface area contributed by atoms with Crippen molar-refractivity contribution >= 4 is 29.2 Å². The standard InChI is InChI=1S/C19H18N2O5/c22-17(20-14-7-5-13(6-8-14)11-19(24)25)9-10-21-15-3-1-2-4-16(15)26-12-18(21)23/h1-8H,9-12H2,(H,20,22)(H,24,25). The van der Waals surface area contributed by atoms with E-state index in [1.165, 1.54) is 0 Å². The highest BCUT2D eigenvalue weighted by molar-refractivity contribution is 5.99. The minimum atomic E-state index is -0.905. The molecule has 1 heterocycles. The van der Waals surface area contributed by atoms with Gasteiger partial charge in [-0.2, -0.15) is 0 Å². The number of carbonyl (C=O) groups is 3. The lowest BCUT2D eigenvalue weighted by atomic mass is 10.1. The molecule has 0 spiro atoms. The summed E-state index contributed by atoms with van der Waals surface area (Å²) in [6.45, 7) is 0.214. The van der Waals surface area contributed by atoms with Gasteiger partial charge in [-0.1, -0.05) is 24.3 Å². The van der Waals surface area contributed by atoms with Crippen molar-refractivity contribution in [1.82, 2.24) is 0 Å². The van der Waals surface area contributed by atoms with Crippen LogP contribution < -0.4 is 15.0 Å². The fourth-order valence-corrected chi connectivity index (χ4v) is 2.72. The first-order chi connectivity index (χ1) is 12.5. The van der Waals surface area contributed by atoms with Crippen molar-refractivity contribution in [1.29, 1.82) is 0 Å². The average molecular weight is 354 g/mol. The summed E-state index contributed by atoms with van der Waals surface area (Å²) in [6.07, 6.45) is 0.0731. The predicted octanol–water partition coefficient (Wildman–Crippen LogP) is 2.07. The van der Waals surface area contributed by atoms with Crippen molar-refractivity contribution in [2.75, 3.05) is 23.4 Å². The number of carboxylic acids is 1. The second-order valence-electron chi connectivity index (χ2n) is 5.87. The van der Waals surface area contributed by atoms with Crippen LogP contribution in [0.2, 0.25) is 0 Å². The monoisotopic (exact) mass is 354 g/mol. The molecule has 2 amide bonds. The summed E-state index contributed by atoms with van der Waals surface area (Å²) in [4.78, 5) is 36.5. The Morgan fingerprint density at radius 1 is 1.12 bits per heavy atom. The molecule has 26 heavy (non-hydrogen) atoms. The Kier molecular flexibility index (Phi) is 5.17. The van der Waals surface area contributed by atoms with Gasteiger partial charge in [0, 0.05) is 18.7 Å². The highest BCUT2D eigenvalue weighted by atomic mass is 16.5. The van der Waals surface area contributed by atoms with Gasteiger partial charge in [0.05, 0.1) is 12.1 Å². The van der Waals surface area contributed by atoms with Gasteiger partial charge in [-0.3, -0.25) is 14.4 Å². The molecule has 1 aliphatic rings. The maximum Gasteiger partial charge on any atom is 0.307 e. The van der Waals surface area contributed by atoms with Gasteiger partial charge >= 0.3 is 5.97 Å². The smallest absolute Gasteiger partial charge is 0.307 e. The zero-order valence-electron chi connectivity index (χ0n) is 14.0. The Balaban J connectivity index is 1.57. The Hall–Kier alpha value is -3.35. The first kappa shape index (κ1) is 17.5. The van der Waals surface area contributed by atoms with Crippen LogP contribution in [0.3, 0.4) is 0 Å². The first-order valence-corrected chi connectivity index (χ1v) is 8.16. The number of ether oxygens (including phenoxy) is 1. The second kappa shape index (κ2) is 7.69. The van der Waals surface area contributed by atoms with Gasteiger partial charge in [0.1, 0.15) is 5.75 Å². The largest absolute Gasteiger partial charge is 0.482 e. The molecule has 1 aliphatic heterocycles. The van der Waals surface area contributed by atoms with Gasteiger partial charge in [0.15, 0.2) is 6.61 Å². The molecule has 2 N–H and O–H groups in total. The zero-order chi connectivity index (χ0) is 18.5. The molecule has 2 aromatic rings. The lowest BCUT2D eigenvalue weighted by molar-refractivity contribution is -0.136. The van der Waals surface area contributed by atoms with Crippen LogP contribution in [-0.2, 0) is 20.8 Å². The molecule has 0 aliphatic carbocycles. The molecule has 0 atom stereocenters. The number of nitrogens with zero attached hydrogens (tertiary/aromatic N) is 1. The number of benzene rings is 2. The van der Waals surface area contributed by atoms with Crippen LogP contribution in [0.25, 0.3) is 0 Å². The van der Waals surface area contributed by atoms with E-state index in [9.17, 15) is 14.4 Å². The molecule has 134 valence electrons. The minimum Gasteiger partial charge on any atom is -0.482 e. The number of nitrogens with one attached hydrogen (secondary N) is 1. The number of aliphatic carboxylic acids is 1. The van der Waals surface area contributed by atoms with Crippen molar-refractivity contribution in [2.45, 2.75) is 12.8 Å². The number of carboxylic acid groups (broad SMARTS) is 1. The number of para-hydroxylation sites is 2. The molecule has 0 fully saturated rings. The molecule has 0 aromatic heterocycles. The fraction of sp³-hybridized carbons (Fsp3) is 0.211. The van der Waals surface area contributed by atoms with E-state index in [1.54, 1.807) is 41.3 Å². The van der Waals surface area contributed by atoms with Gasteiger partial charge in [0.2, 0.25) is 5.91 Å². The molecule has 0 radical (unpaired) electrons. The van der Waals surface area contributed by atoms with Gasteiger partial charge in [-0.25, -0.2) is 0 Å². The number of hydrogen-bond acceptors (Lipinski definition) is 4. The van der Waals surface area contributed by atoms with Crippen molar-refractivity contribution in [3.05, 3.63) is 54.1 Å². The van der Waals surface area contributed by atoms with E-state index < -0.39 is 5.97 Å². The van der Waals surface area contributed by atoms with Crippen LogP contribution >= 0.6 is 0 Å². The maximum absolute atomic E-state index is 12.2. The molecular weight excluding hydrogens is 336 g/mol. The highest BCUT2D eigenvalue weighted by Crippen LogP contribution is 2.31. The summed E-state index contributed by atoms with van der Waals surface area (Å²) in [5.74, 6) is -0.693. The zero-order valence-corrected chi connectivity index (χ0v) is 14.0. The Bertz CT molecular complexity index is 832. The number of rotatable bonds is 6. The van der Waals surface area contributed by atoms with E-state index in [2.05, 4.69) is 5.32 Å². The Morgan fingerprint density at radius 2 is 1.85 bits per heavy atom. The Labute approximate surface area is 150 Å². The lowest BCUT2D eigenvalue weighted by Gasteiger charge is -2.29. The number of anilines is 2. The third kappa shape index (κ3) is 4.18. The number of carbonyl (C=O) groups excluding carboxylic acids is 2. The van der Waals surface area contributed by atoms with Crippen LogP contribution in [0.1, 0.15) is 12.0 Å². The van der Waals surface area contributed by atoms with Gasteiger partial charge in [0.25, 0.3) is 5.91 Å².